The molecule has 2 N–H and O–H groups in total. The Labute approximate surface area is 70.8 Å². The molecule has 0 aliphatic heterocycles. The quantitative estimate of drug-likeness (QED) is 0.712. The average molecular weight is 180 g/mol. The van der Waals surface area contributed by atoms with Crippen molar-refractivity contribution in [3.63, 3.8) is 0 Å². The van der Waals surface area contributed by atoms with Crippen molar-refractivity contribution < 1.29 is 4.39 Å². The van der Waals surface area contributed by atoms with E-state index < -0.39 is 5.95 Å². The first-order valence-corrected chi connectivity index (χ1v) is 3.11. The molecule has 64 valence electrons. The maximum atomic E-state index is 12.8. The zero-order valence-electron chi connectivity index (χ0n) is 6.41. The Kier molecular flexibility index (Phi) is 3.32. The predicted octanol–water partition coefficient (Wildman–Crippen LogP) is 1.61. The van der Waals surface area contributed by atoms with Gasteiger partial charge in [-0.25, -0.2) is 4.68 Å². The highest BCUT2D eigenvalue weighted by Gasteiger charge is 2.08. The number of aromatic nitrogens is 2. The minimum atomic E-state index is -0.449. The van der Waals surface area contributed by atoms with Crippen LogP contribution in [0.3, 0.4) is 0 Å². The average Bonchev–Trinajstić information content (AvgIpc) is 2.14. The maximum Gasteiger partial charge on any atom is 0.234 e. The number of nitrogens with two attached hydrogens (primary N) is 1. The molecule has 11 heavy (non-hydrogen) atoms. The topological polar surface area (TPSA) is 43.8 Å². The summed E-state index contributed by atoms with van der Waals surface area (Å²) in [6.07, 6.45) is 1.31. The lowest BCUT2D eigenvalue weighted by Crippen LogP contribution is -2.05. The highest BCUT2D eigenvalue weighted by molar-refractivity contribution is 5.85. The SMILES string of the molecule is CC(C)n1ncc(N)c1F.Cl. The molecule has 0 saturated carbocycles. The maximum absolute atomic E-state index is 12.8. The summed E-state index contributed by atoms with van der Waals surface area (Å²) >= 11 is 0. The van der Waals surface area contributed by atoms with Gasteiger partial charge in [0.25, 0.3) is 0 Å². The third-order valence-corrected chi connectivity index (χ3v) is 1.25. The van der Waals surface area contributed by atoms with Crippen molar-refractivity contribution in [2.45, 2.75) is 19.9 Å². The Hall–Kier alpha value is -0.770. The first-order chi connectivity index (χ1) is 4.63. The summed E-state index contributed by atoms with van der Waals surface area (Å²) in [7, 11) is 0. The minimum absolute atomic E-state index is 0. The molecular weight excluding hydrogens is 169 g/mol. The predicted molar refractivity (Wildman–Crippen MR) is 44.2 cm³/mol. The van der Waals surface area contributed by atoms with Crippen molar-refractivity contribution in [2.24, 2.45) is 0 Å². The van der Waals surface area contributed by atoms with Crippen molar-refractivity contribution >= 4 is 18.1 Å². The molecule has 0 saturated heterocycles. The Balaban J connectivity index is 0.000001000. The summed E-state index contributed by atoms with van der Waals surface area (Å²) in [5, 5.41) is 3.73. The summed E-state index contributed by atoms with van der Waals surface area (Å²) in [5.74, 6) is -0.449. The molecule has 1 aromatic rings. The summed E-state index contributed by atoms with van der Waals surface area (Å²) in [6, 6.07) is 0.0253. The Bertz CT molecular complexity index is 234. The van der Waals surface area contributed by atoms with Crippen LogP contribution in [0.15, 0.2) is 6.20 Å². The van der Waals surface area contributed by atoms with E-state index in [1.54, 1.807) is 0 Å². The smallest absolute Gasteiger partial charge is 0.234 e. The van der Waals surface area contributed by atoms with Gasteiger partial charge in [0.1, 0.15) is 5.69 Å². The molecule has 0 amide bonds. The second-order valence-corrected chi connectivity index (χ2v) is 2.43. The van der Waals surface area contributed by atoms with E-state index in [4.69, 9.17) is 5.73 Å². The summed E-state index contributed by atoms with van der Waals surface area (Å²) in [5.41, 5.74) is 5.33. The zero-order valence-corrected chi connectivity index (χ0v) is 7.23. The fourth-order valence-electron chi connectivity index (χ4n) is 0.721. The van der Waals surface area contributed by atoms with Crippen LogP contribution in [0.2, 0.25) is 0 Å². The molecule has 1 rings (SSSR count). The van der Waals surface area contributed by atoms with E-state index in [1.165, 1.54) is 10.9 Å². The van der Waals surface area contributed by atoms with Crippen molar-refractivity contribution in [1.29, 1.82) is 0 Å². The molecule has 0 unspecified atom stereocenters. The summed E-state index contributed by atoms with van der Waals surface area (Å²) in [4.78, 5) is 0. The van der Waals surface area contributed by atoms with Gasteiger partial charge in [-0.3, -0.25) is 0 Å². The van der Waals surface area contributed by atoms with E-state index >= 15 is 0 Å². The lowest BCUT2D eigenvalue weighted by Gasteiger charge is -2.04. The lowest BCUT2D eigenvalue weighted by atomic mass is 10.4. The van der Waals surface area contributed by atoms with Crippen LogP contribution in [0.4, 0.5) is 10.1 Å². The van der Waals surface area contributed by atoms with Gasteiger partial charge in [0.05, 0.1) is 6.20 Å². The van der Waals surface area contributed by atoms with E-state index in [9.17, 15) is 4.39 Å². The first-order valence-electron chi connectivity index (χ1n) is 3.11. The third kappa shape index (κ3) is 1.83. The third-order valence-electron chi connectivity index (χ3n) is 1.25. The number of anilines is 1. The van der Waals surface area contributed by atoms with Crippen LogP contribution < -0.4 is 5.73 Å². The molecule has 0 aliphatic rings. The second kappa shape index (κ2) is 3.57. The van der Waals surface area contributed by atoms with Crippen molar-refractivity contribution in [2.75, 3.05) is 5.73 Å². The van der Waals surface area contributed by atoms with Gasteiger partial charge in [-0.05, 0) is 13.8 Å². The summed E-state index contributed by atoms with van der Waals surface area (Å²) in [6.45, 7) is 3.69. The summed E-state index contributed by atoms with van der Waals surface area (Å²) < 4.78 is 14.0. The van der Waals surface area contributed by atoms with Crippen LogP contribution in [0.1, 0.15) is 19.9 Å². The van der Waals surface area contributed by atoms with E-state index in [1.807, 2.05) is 13.8 Å². The number of rotatable bonds is 1. The molecule has 1 aromatic heterocycles. The standard InChI is InChI=1S/C6H10FN3.ClH/c1-4(2)10-6(7)5(8)3-9-10;/h3-4H,8H2,1-2H3;1H. The highest BCUT2D eigenvalue weighted by Crippen LogP contribution is 2.12. The van der Waals surface area contributed by atoms with Crippen LogP contribution in [-0.4, -0.2) is 9.78 Å². The second-order valence-electron chi connectivity index (χ2n) is 2.43. The van der Waals surface area contributed by atoms with Gasteiger partial charge < -0.3 is 5.73 Å². The van der Waals surface area contributed by atoms with Gasteiger partial charge in [0, 0.05) is 6.04 Å². The zero-order chi connectivity index (χ0) is 7.72. The molecule has 1 heterocycles. The van der Waals surface area contributed by atoms with Crippen molar-refractivity contribution in [3.8, 4) is 0 Å². The lowest BCUT2D eigenvalue weighted by molar-refractivity contribution is 0.417. The Morgan fingerprint density at radius 2 is 2.18 bits per heavy atom. The fourth-order valence-corrected chi connectivity index (χ4v) is 0.721. The van der Waals surface area contributed by atoms with Gasteiger partial charge in [0.2, 0.25) is 5.95 Å². The molecule has 0 bridgehead atoms. The molecular formula is C6H11ClFN3. The van der Waals surface area contributed by atoms with Crippen LogP contribution in [0.25, 0.3) is 0 Å². The van der Waals surface area contributed by atoms with E-state index in [2.05, 4.69) is 5.10 Å². The molecule has 0 fully saturated rings. The van der Waals surface area contributed by atoms with E-state index in [-0.39, 0.29) is 24.1 Å². The largest absolute Gasteiger partial charge is 0.394 e. The highest BCUT2D eigenvalue weighted by atomic mass is 35.5. The van der Waals surface area contributed by atoms with Gasteiger partial charge in [-0.2, -0.15) is 9.49 Å². The number of halogens is 2. The van der Waals surface area contributed by atoms with Crippen LogP contribution >= 0.6 is 12.4 Å². The van der Waals surface area contributed by atoms with Crippen LogP contribution in [0.5, 0.6) is 0 Å². The van der Waals surface area contributed by atoms with Crippen LogP contribution in [-0.2, 0) is 0 Å². The number of nitrogen functional groups attached to an aromatic ring is 1. The molecule has 0 atom stereocenters. The number of hydrogen-bond acceptors (Lipinski definition) is 2. The van der Waals surface area contributed by atoms with Gasteiger partial charge in [0.15, 0.2) is 0 Å². The van der Waals surface area contributed by atoms with E-state index in [0.717, 1.165) is 0 Å². The van der Waals surface area contributed by atoms with Crippen molar-refractivity contribution in [1.82, 2.24) is 9.78 Å². The molecule has 3 nitrogen and oxygen atoms in total. The molecule has 0 aliphatic carbocycles. The van der Waals surface area contributed by atoms with Gasteiger partial charge in [-0.15, -0.1) is 12.4 Å². The van der Waals surface area contributed by atoms with Gasteiger partial charge >= 0.3 is 0 Å². The molecule has 0 aromatic carbocycles. The fraction of sp³-hybridized carbons (Fsp3) is 0.500. The number of hydrogen-bond donors (Lipinski definition) is 1. The van der Waals surface area contributed by atoms with Crippen LogP contribution in [0, 0.1) is 5.95 Å². The Morgan fingerprint density at radius 1 is 1.64 bits per heavy atom. The molecule has 5 heteroatoms. The molecule has 0 spiro atoms. The monoisotopic (exact) mass is 179 g/mol. The van der Waals surface area contributed by atoms with Gasteiger partial charge in [-0.1, -0.05) is 0 Å². The normalized spacial score (nSPS) is 9.82. The van der Waals surface area contributed by atoms with Crippen molar-refractivity contribution in [3.05, 3.63) is 12.1 Å². The number of nitrogens with zero attached hydrogens (tertiary/aromatic N) is 2. The first kappa shape index (κ1) is 10.2. The minimum Gasteiger partial charge on any atom is -0.394 e. The molecule has 0 radical (unpaired) electrons. The Morgan fingerprint density at radius 3 is 2.36 bits per heavy atom. The van der Waals surface area contributed by atoms with E-state index in [0.29, 0.717) is 0 Å².